The maximum absolute atomic E-state index is 11.5. The van der Waals surface area contributed by atoms with Gasteiger partial charge >= 0.3 is 0 Å². The lowest BCUT2D eigenvalue weighted by molar-refractivity contribution is -0.122. The number of anilines is 1. The fourth-order valence-corrected chi connectivity index (χ4v) is 1.58. The summed E-state index contributed by atoms with van der Waals surface area (Å²) >= 11 is 0. The van der Waals surface area contributed by atoms with Gasteiger partial charge in [0.2, 0.25) is 5.91 Å². The number of amides is 1. The maximum atomic E-state index is 11.5. The molecule has 1 rings (SSSR count). The Morgan fingerprint density at radius 3 is 2.78 bits per heavy atom. The van der Waals surface area contributed by atoms with Gasteiger partial charge in [-0.3, -0.25) is 4.79 Å². The Morgan fingerprint density at radius 2 is 2.17 bits per heavy atom. The van der Waals surface area contributed by atoms with Crippen LogP contribution in [-0.4, -0.2) is 32.1 Å². The number of carbonyl (C=O) groups is 1. The zero-order valence-electron chi connectivity index (χ0n) is 10.8. The van der Waals surface area contributed by atoms with E-state index in [9.17, 15) is 4.79 Å². The summed E-state index contributed by atoms with van der Waals surface area (Å²) in [6.07, 6.45) is 2.15. The highest BCUT2D eigenvalue weighted by Gasteiger charge is 2.10. The van der Waals surface area contributed by atoms with Gasteiger partial charge in [0, 0.05) is 25.8 Å². The topological polar surface area (TPSA) is 58.4 Å². The van der Waals surface area contributed by atoms with Crippen LogP contribution in [0.1, 0.15) is 6.42 Å². The van der Waals surface area contributed by atoms with Crippen LogP contribution in [0.2, 0.25) is 0 Å². The van der Waals surface area contributed by atoms with Gasteiger partial charge in [0.1, 0.15) is 0 Å². The van der Waals surface area contributed by atoms with Gasteiger partial charge in [0.25, 0.3) is 0 Å². The van der Waals surface area contributed by atoms with E-state index >= 15 is 0 Å². The Bertz CT molecular complexity index is 378. The molecule has 18 heavy (non-hydrogen) atoms. The molecule has 0 saturated carbocycles. The molecule has 1 unspecified atom stereocenters. The van der Waals surface area contributed by atoms with Crippen LogP contribution >= 0.6 is 0 Å². The van der Waals surface area contributed by atoms with Gasteiger partial charge in [-0.25, -0.2) is 0 Å². The third-order valence-electron chi connectivity index (χ3n) is 2.70. The lowest BCUT2D eigenvalue weighted by atomic mass is 10.2. The lowest BCUT2D eigenvalue weighted by Crippen LogP contribution is -2.42. The lowest BCUT2D eigenvalue weighted by Gasteiger charge is -2.20. The second-order valence-corrected chi connectivity index (χ2v) is 4.18. The summed E-state index contributed by atoms with van der Waals surface area (Å²) in [5, 5.41) is 2.81. The van der Waals surface area contributed by atoms with Crippen molar-refractivity contribution in [2.45, 2.75) is 12.5 Å². The monoisotopic (exact) mass is 247 g/mol. The first kappa shape index (κ1) is 14.3. The van der Waals surface area contributed by atoms with Gasteiger partial charge in [-0.15, -0.1) is 6.58 Å². The summed E-state index contributed by atoms with van der Waals surface area (Å²) in [5.74, 6) is -0.128. The van der Waals surface area contributed by atoms with E-state index in [0.717, 1.165) is 12.2 Å². The first-order valence-electron chi connectivity index (χ1n) is 6.05. The van der Waals surface area contributed by atoms with Gasteiger partial charge in [0.05, 0.1) is 6.04 Å². The third-order valence-corrected chi connectivity index (χ3v) is 2.70. The smallest absolute Gasteiger partial charge is 0.237 e. The molecule has 1 aromatic rings. The Labute approximate surface area is 108 Å². The number of likely N-dealkylation sites (N-methyl/N-ethyl adjacent to an activating group) is 1. The SMILES string of the molecule is C=CCC(N)C(=O)NCCN(C)c1ccccc1. The molecule has 0 heterocycles. The first-order chi connectivity index (χ1) is 8.65. The summed E-state index contributed by atoms with van der Waals surface area (Å²) in [6, 6.07) is 9.53. The summed E-state index contributed by atoms with van der Waals surface area (Å²) in [4.78, 5) is 13.6. The van der Waals surface area contributed by atoms with Crippen molar-refractivity contribution in [3.8, 4) is 0 Å². The normalized spacial score (nSPS) is 11.7. The Morgan fingerprint density at radius 1 is 1.50 bits per heavy atom. The quantitative estimate of drug-likeness (QED) is 0.710. The Hall–Kier alpha value is -1.81. The van der Waals surface area contributed by atoms with E-state index in [4.69, 9.17) is 5.73 Å². The van der Waals surface area contributed by atoms with Crippen LogP contribution < -0.4 is 16.0 Å². The molecule has 1 aromatic carbocycles. The van der Waals surface area contributed by atoms with Gasteiger partial charge in [-0.1, -0.05) is 24.3 Å². The third kappa shape index (κ3) is 4.59. The molecule has 1 amide bonds. The number of para-hydroxylation sites is 1. The first-order valence-corrected chi connectivity index (χ1v) is 6.05. The van der Waals surface area contributed by atoms with Crippen LogP contribution in [-0.2, 0) is 4.79 Å². The number of nitrogens with one attached hydrogen (secondary N) is 1. The zero-order chi connectivity index (χ0) is 13.4. The molecular formula is C14H21N3O. The molecule has 98 valence electrons. The van der Waals surface area contributed by atoms with Crippen LogP contribution in [0.3, 0.4) is 0 Å². The minimum Gasteiger partial charge on any atom is -0.373 e. The molecule has 0 bridgehead atoms. The van der Waals surface area contributed by atoms with Crippen LogP contribution in [0, 0.1) is 0 Å². The van der Waals surface area contributed by atoms with Crippen molar-refractivity contribution in [2.24, 2.45) is 5.73 Å². The number of benzene rings is 1. The summed E-state index contributed by atoms with van der Waals surface area (Å²) in [5.41, 5.74) is 6.79. The van der Waals surface area contributed by atoms with E-state index in [1.165, 1.54) is 0 Å². The van der Waals surface area contributed by atoms with Crippen molar-refractivity contribution in [2.75, 3.05) is 25.0 Å². The number of nitrogens with zero attached hydrogens (tertiary/aromatic N) is 1. The van der Waals surface area contributed by atoms with E-state index in [2.05, 4.69) is 16.8 Å². The highest BCUT2D eigenvalue weighted by atomic mass is 16.2. The van der Waals surface area contributed by atoms with Crippen molar-refractivity contribution in [1.29, 1.82) is 0 Å². The average molecular weight is 247 g/mol. The van der Waals surface area contributed by atoms with Crippen molar-refractivity contribution in [3.63, 3.8) is 0 Å². The molecule has 0 aliphatic carbocycles. The van der Waals surface area contributed by atoms with Crippen molar-refractivity contribution >= 4 is 11.6 Å². The number of hydrogen-bond donors (Lipinski definition) is 2. The molecular weight excluding hydrogens is 226 g/mol. The van der Waals surface area contributed by atoms with E-state index in [0.29, 0.717) is 13.0 Å². The zero-order valence-corrected chi connectivity index (χ0v) is 10.8. The Kier molecular flexibility index (Phi) is 5.94. The van der Waals surface area contributed by atoms with Gasteiger partial charge in [-0.2, -0.15) is 0 Å². The van der Waals surface area contributed by atoms with Gasteiger partial charge in [-0.05, 0) is 18.6 Å². The maximum Gasteiger partial charge on any atom is 0.237 e. The summed E-state index contributed by atoms with van der Waals surface area (Å²) < 4.78 is 0. The van der Waals surface area contributed by atoms with E-state index < -0.39 is 6.04 Å². The molecule has 0 aromatic heterocycles. The van der Waals surface area contributed by atoms with E-state index in [1.54, 1.807) is 6.08 Å². The number of rotatable bonds is 7. The fraction of sp³-hybridized carbons (Fsp3) is 0.357. The Balaban J connectivity index is 2.29. The second-order valence-electron chi connectivity index (χ2n) is 4.18. The predicted molar refractivity (Wildman–Crippen MR) is 75.5 cm³/mol. The molecule has 4 heteroatoms. The fourth-order valence-electron chi connectivity index (χ4n) is 1.58. The average Bonchev–Trinajstić information content (AvgIpc) is 2.39. The van der Waals surface area contributed by atoms with Crippen molar-refractivity contribution < 1.29 is 4.79 Å². The second kappa shape index (κ2) is 7.50. The number of carbonyl (C=O) groups excluding carboxylic acids is 1. The van der Waals surface area contributed by atoms with Crippen LogP contribution in [0.25, 0.3) is 0 Å². The largest absolute Gasteiger partial charge is 0.373 e. The van der Waals surface area contributed by atoms with Crippen molar-refractivity contribution in [3.05, 3.63) is 43.0 Å². The number of nitrogens with two attached hydrogens (primary N) is 1. The standard InChI is InChI=1S/C14H21N3O/c1-3-7-13(15)14(18)16-10-11-17(2)12-8-5-4-6-9-12/h3-6,8-9,13H,1,7,10-11,15H2,2H3,(H,16,18). The summed E-state index contributed by atoms with van der Waals surface area (Å²) in [6.45, 7) is 4.89. The summed E-state index contributed by atoms with van der Waals surface area (Å²) in [7, 11) is 1.99. The molecule has 0 fully saturated rings. The van der Waals surface area contributed by atoms with Crippen LogP contribution in [0.4, 0.5) is 5.69 Å². The number of hydrogen-bond acceptors (Lipinski definition) is 3. The van der Waals surface area contributed by atoms with Crippen LogP contribution in [0.5, 0.6) is 0 Å². The molecule has 1 atom stereocenters. The molecule has 0 aliphatic rings. The molecule has 0 radical (unpaired) electrons. The van der Waals surface area contributed by atoms with E-state index in [1.807, 2.05) is 37.4 Å². The van der Waals surface area contributed by atoms with Gasteiger partial charge in [0.15, 0.2) is 0 Å². The minimum atomic E-state index is -0.496. The van der Waals surface area contributed by atoms with Crippen molar-refractivity contribution in [1.82, 2.24) is 5.32 Å². The molecule has 0 spiro atoms. The van der Waals surface area contributed by atoms with Gasteiger partial charge < -0.3 is 16.0 Å². The molecule has 0 saturated heterocycles. The molecule has 3 N–H and O–H groups in total. The highest BCUT2D eigenvalue weighted by molar-refractivity contribution is 5.81. The van der Waals surface area contributed by atoms with Crippen LogP contribution in [0.15, 0.2) is 43.0 Å². The molecule has 0 aliphatic heterocycles. The van der Waals surface area contributed by atoms with E-state index in [-0.39, 0.29) is 5.91 Å². The molecule has 4 nitrogen and oxygen atoms in total. The predicted octanol–water partition coefficient (Wildman–Crippen LogP) is 1.14. The highest BCUT2D eigenvalue weighted by Crippen LogP contribution is 2.09. The minimum absolute atomic E-state index is 0.128.